The standard InChI is InChI=1S/C31H46FN7O7/c32-24-18-35-17-23(24)19-39(28(22-8-12-44-13-9-22)29(34)37-16-21-4-2-1-3-5-21)30(42)25(33)20-46-31(43)36-10-14-45-15-11-38-26(40)6-7-27(38)41/h1-7,22-26,28,35,40H,8-20,33H2,(H2,34,37)(H,36,43). The molecule has 1 aromatic rings. The highest BCUT2D eigenvalue weighted by atomic mass is 19.1. The molecule has 3 heterocycles. The predicted octanol–water partition coefficient (Wildman–Crippen LogP) is -0.488. The fraction of sp³-hybridized carbons (Fsp3) is 0.613. The smallest absolute Gasteiger partial charge is 0.407 e. The molecule has 3 amide bonds. The van der Waals surface area contributed by atoms with Gasteiger partial charge in [-0.15, -0.1) is 0 Å². The van der Waals surface area contributed by atoms with Crippen LogP contribution in [-0.2, 0) is 30.3 Å². The van der Waals surface area contributed by atoms with E-state index in [0.29, 0.717) is 39.1 Å². The van der Waals surface area contributed by atoms with Crippen molar-refractivity contribution in [3.05, 3.63) is 48.0 Å². The van der Waals surface area contributed by atoms with Crippen LogP contribution in [0.3, 0.4) is 0 Å². The quantitative estimate of drug-likeness (QED) is 0.0888. The molecule has 0 radical (unpaired) electrons. The highest BCUT2D eigenvalue weighted by Crippen LogP contribution is 2.27. The summed E-state index contributed by atoms with van der Waals surface area (Å²) in [4.78, 5) is 45.3. The Morgan fingerprint density at radius 1 is 1.22 bits per heavy atom. The Kier molecular flexibility index (Phi) is 13.7. The second-order valence-corrected chi connectivity index (χ2v) is 11.6. The lowest BCUT2D eigenvalue weighted by atomic mass is 9.88. The van der Waals surface area contributed by atoms with Crippen molar-refractivity contribution in [3.63, 3.8) is 0 Å². The van der Waals surface area contributed by atoms with E-state index in [-0.39, 0.29) is 57.1 Å². The summed E-state index contributed by atoms with van der Waals surface area (Å²) < 4.78 is 31.0. The van der Waals surface area contributed by atoms with Crippen molar-refractivity contribution in [2.24, 2.45) is 28.3 Å². The van der Waals surface area contributed by atoms with Crippen LogP contribution < -0.4 is 22.1 Å². The van der Waals surface area contributed by atoms with Crippen molar-refractivity contribution in [2.75, 3.05) is 65.8 Å². The summed E-state index contributed by atoms with van der Waals surface area (Å²) in [5.74, 6) is -1.10. The van der Waals surface area contributed by atoms with Gasteiger partial charge in [-0.05, 0) is 30.4 Å². The van der Waals surface area contributed by atoms with Gasteiger partial charge in [0.1, 0.15) is 30.9 Å². The van der Waals surface area contributed by atoms with E-state index in [9.17, 15) is 23.9 Å². The molecule has 0 bridgehead atoms. The number of nitrogens with two attached hydrogens (primary N) is 2. The van der Waals surface area contributed by atoms with Gasteiger partial charge in [0.05, 0.1) is 25.8 Å². The molecule has 5 unspecified atom stereocenters. The molecule has 3 aliphatic heterocycles. The topological polar surface area (TPSA) is 194 Å². The van der Waals surface area contributed by atoms with Crippen LogP contribution in [0.25, 0.3) is 0 Å². The fourth-order valence-corrected chi connectivity index (χ4v) is 5.75. The second kappa shape index (κ2) is 17.9. The Morgan fingerprint density at radius 2 is 1.98 bits per heavy atom. The molecule has 0 saturated carbocycles. The third-order valence-corrected chi connectivity index (χ3v) is 8.33. The fourth-order valence-electron chi connectivity index (χ4n) is 5.75. The molecule has 3 aliphatic rings. The average Bonchev–Trinajstić information content (AvgIpc) is 3.63. The first-order valence-electron chi connectivity index (χ1n) is 15.7. The first kappa shape index (κ1) is 35.2. The Bertz CT molecular complexity index is 1200. The lowest BCUT2D eigenvalue weighted by Gasteiger charge is -2.40. The molecule has 46 heavy (non-hydrogen) atoms. The van der Waals surface area contributed by atoms with Gasteiger partial charge in [-0.1, -0.05) is 30.3 Å². The van der Waals surface area contributed by atoms with E-state index >= 15 is 0 Å². The van der Waals surface area contributed by atoms with Crippen molar-refractivity contribution in [1.82, 2.24) is 20.4 Å². The van der Waals surface area contributed by atoms with Crippen molar-refractivity contribution in [3.8, 4) is 0 Å². The average molecular weight is 648 g/mol. The van der Waals surface area contributed by atoms with Crippen LogP contribution >= 0.6 is 0 Å². The number of nitrogens with one attached hydrogen (secondary N) is 2. The van der Waals surface area contributed by atoms with Crippen molar-refractivity contribution in [2.45, 2.75) is 43.9 Å². The van der Waals surface area contributed by atoms with Gasteiger partial charge in [0.2, 0.25) is 11.8 Å². The molecule has 0 aliphatic carbocycles. The normalized spacial score (nSPS) is 23.4. The van der Waals surface area contributed by atoms with Gasteiger partial charge < -0.3 is 51.2 Å². The largest absolute Gasteiger partial charge is 0.447 e. The van der Waals surface area contributed by atoms with Gasteiger partial charge in [-0.2, -0.15) is 0 Å². The number of alkyl carbamates (subject to hydrolysis) is 1. The lowest BCUT2D eigenvalue weighted by molar-refractivity contribution is -0.137. The number of halogens is 1. The van der Waals surface area contributed by atoms with Crippen LogP contribution in [-0.4, -0.2) is 129 Å². The summed E-state index contributed by atoms with van der Waals surface area (Å²) in [7, 11) is 0. The van der Waals surface area contributed by atoms with Gasteiger partial charge in [-0.3, -0.25) is 14.6 Å². The third-order valence-electron chi connectivity index (χ3n) is 8.33. The summed E-state index contributed by atoms with van der Waals surface area (Å²) in [5.41, 5.74) is 13.9. The Morgan fingerprint density at radius 3 is 2.65 bits per heavy atom. The first-order valence-corrected chi connectivity index (χ1v) is 15.7. The first-order chi connectivity index (χ1) is 22.2. The molecule has 5 atom stereocenters. The minimum absolute atomic E-state index is 0.0733. The third kappa shape index (κ3) is 10.2. The molecule has 254 valence electrons. The van der Waals surface area contributed by atoms with E-state index in [0.717, 1.165) is 5.56 Å². The number of ether oxygens (including phenoxy) is 3. The molecule has 0 spiro atoms. The van der Waals surface area contributed by atoms with Crippen molar-refractivity contribution < 1.29 is 38.1 Å². The maximum atomic E-state index is 14.8. The van der Waals surface area contributed by atoms with Crippen LogP contribution in [0, 0.1) is 11.8 Å². The molecular formula is C31H46FN7O7. The van der Waals surface area contributed by atoms with E-state index in [2.05, 4.69) is 15.6 Å². The molecule has 1 aromatic carbocycles. The summed E-state index contributed by atoms with van der Waals surface area (Å²) in [6.45, 7) is 2.18. The zero-order valence-electron chi connectivity index (χ0n) is 26.0. The lowest BCUT2D eigenvalue weighted by Crippen LogP contribution is -2.59. The number of alkyl halides is 1. The van der Waals surface area contributed by atoms with Crippen molar-refractivity contribution in [1.29, 1.82) is 0 Å². The van der Waals surface area contributed by atoms with Crippen LogP contribution in [0.15, 0.2) is 47.5 Å². The number of nitrogens with zero attached hydrogens (tertiary/aromatic N) is 3. The van der Waals surface area contributed by atoms with Crippen LogP contribution in [0.2, 0.25) is 0 Å². The summed E-state index contributed by atoms with van der Waals surface area (Å²) in [6.07, 6.45) is 1.05. The zero-order chi connectivity index (χ0) is 32.9. The van der Waals surface area contributed by atoms with Gasteiger partial charge in [-0.25, -0.2) is 9.18 Å². The predicted molar refractivity (Wildman–Crippen MR) is 167 cm³/mol. The van der Waals surface area contributed by atoms with E-state index in [4.69, 9.17) is 25.7 Å². The molecule has 15 heteroatoms. The highest BCUT2D eigenvalue weighted by Gasteiger charge is 2.40. The van der Waals surface area contributed by atoms with Crippen LogP contribution in [0.4, 0.5) is 9.18 Å². The van der Waals surface area contributed by atoms with Crippen molar-refractivity contribution >= 4 is 23.7 Å². The monoisotopic (exact) mass is 647 g/mol. The van der Waals surface area contributed by atoms with E-state index < -0.39 is 49.0 Å². The van der Waals surface area contributed by atoms with Gasteiger partial charge in [0.25, 0.3) is 0 Å². The number of aliphatic imine (C=N–C) groups is 1. The maximum absolute atomic E-state index is 14.8. The number of aliphatic hydroxyl groups is 1. The Balaban J connectivity index is 1.34. The maximum Gasteiger partial charge on any atom is 0.407 e. The number of hydrogen-bond donors (Lipinski definition) is 5. The Hall–Kier alpha value is -3.63. The second-order valence-electron chi connectivity index (χ2n) is 11.6. The van der Waals surface area contributed by atoms with Gasteiger partial charge >= 0.3 is 6.09 Å². The van der Waals surface area contributed by atoms with E-state index in [1.165, 1.54) is 22.0 Å². The number of rotatable bonds is 16. The molecule has 2 fully saturated rings. The molecule has 4 rings (SSSR count). The SMILES string of the molecule is NC(=NCc1ccccc1)C(C1CCOCC1)N(CC1CNCC1F)C(=O)C(N)COC(=O)NCCOCCN1C(=O)C=CC1O. The molecule has 0 aromatic heterocycles. The number of amidine groups is 1. The summed E-state index contributed by atoms with van der Waals surface area (Å²) >= 11 is 0. The molecular weight excluding hydrogens is 601 g/mol. The molecule has 7 N–H and O–H groups in total. The zero-order valence-corrected chi connectivity index (χ0v) is 26.0. The summed E-state index contributed by atoms with van der Waals surface area (Å²) in [5, 5.41) is 15.3. The number of amides is 3. The number of carbonyl (C=O) groups is 3. The van der Waals surface area contributed by atoms with Gasteiger partial charge in [0.15, 0.2) is 0 Å². The number of aliphatic hydroxyl groups excluding tert-OH is 1. The Labute approximate surface area is 268 Å². The number of hydrogen-bond acceptors (Lipinski definition) is 10. The summed E-state index contributed by atoms with van der Waals surface area (Å²) in [6, 6.07) is 7.73. The van der Waals surface area contributed by atoms with Crippen LogP contribution in [0.5, 0.6) is 0 Å². The minimum atomic E-state index is -1.23. The number of benzene rings is 1. The highest BCUT2D eigenvalue weighted by molar-refractivity contribution is 5.92. The van der Waals surface area contributed by atoms with E-state index in [1.54, 1.807) is 0 Å². The van der Waals surface area contributed by atoms with Gasteiger partial charge in [0, 0.05) is 57.9 Å². The van der Waals surface area contributed by atoms with Crippen LogP contribution in [0.1, 0.15) is 18.4 Å². The minimum Gasteiger partial charge on any atom is -0.447 e. The molecule has 14 nitrogen and oxygen atoms in total. The van der Waals surface area contributed by atoms with E-state index in [1.807, 2.05) is 30.3 Å². The number of carbonyl (C=O) groups excluding carboxylic acids is 3. The molecule has 2 saturated heterocycles.